The van der Waals surface area contributed by atoms with Crippen LogP contribution in [0.3, 0.4) is 0 Å². The van der Waals surface area contributed by atoms with Crippen molar-refractivity contribution in [1.29, 1.82) is 0 Å². The molecule has 0 aliphatic rings. The van der Waals surface area contributed by atoms with Gasteiger partial charge in [0, 0.05) is 24.8 Å². The van der Waals surface area contributed by atoms with Gasteiger partial charge in [0.1, 0.15) is 0 Å². The highest BCUT2D eigenvalue weighted by atomic mass is 16.1. The smallest absolute Gasteiger partial charge is 0.224 e. The number of carbonyl (C=O) groups excluding carboxylic acids is 1. The molecule has 4 heteroatoms. The van der Waals surface area contributed by atoms with Crippen LogP contribution in [0.15, 0.2) is 18.2 Å². The van der Waals surface area contributed by atoms with Gasteiger partial charge in [-0.05, 0) is 38.8 Å². The van der Waals surface area contributed by atoms with Crippen LogP contribution in [0.2, 0.25) is 0 Å². The molecule has 1 N–H and O–H groups in total. The van der Waals surface area contributed by atoms with Crippen LogP contribution in [-0.4, -0.2) is 15.7 Å². The number of rotatable bonds is 4. The van der Waals surface area contributed by atoms with Gasteiger partial charge in [-0.15, -0.1) is 0 Å². The zero-order valence-corrected chi connectivity index (χ0v) is 13.4. The first-order valence-electron chi connectivity index (χ1n) is 7.20. The summed E-state index contributed by atoms with van der Waals surface area (Å²) in [7, 11) is 1.90. The summed E-state index contributed by atoms with van der Waals surface area (Å²) in [5.41, 5.74) is 6.61. The third kappa shape index (κ3) is 3.51. The van der Waals surface area contributed by atoms with Gasteiger partial charge in [0.2, 0.25) is 5.91 Å². The molecule has 21 heavy (non-hydrogen) atoms. The highest BCUT2D eigenvalue weighted by molar-refractivity contribution is 5.79. The SMILES string of the molecule is Cc1ccc(CNC(=O)Cc2c(C)nn(C)c2C)c(C)c1. The van der Waals surface area contributed by atoms with Crippen molar-refractivity contribution in [2.24, 2.45) is 7.05 Å². The quantitative estimate of drug-likeness (QED) is 0.938. The van der Waals surface area contributed by atoms with Crippen LogP contribution in [0, 0.1) is 27.7 Å². The third-order valence-electron chi connectivity index (χ3n) is 3.97. The molecule has 0 saturated carbocycles. The standard InChI is InChI=1S/C17H23N3O/c1-11-6-7-15(12(2)8-11)10-18-17(21)9-16-13(3)19-20(5)14(16)4/h6-8H,9-10H2,1-5H3,(H,18,21). The van der Waals surface area contributed by atoms with Gasteiger partial charge in [0.15, 0.2) is 0 Å². The second-order valence-corrected chi connectivity index (χ2v) is 5.66. The van der Waals surface area contributed by atoms with E-state index in [4.69, 9.17) is 0 Å². The van der Waals surface area contributed by atoms with Crippen molar-refractivity contribution in [3.8, 4) is 0 Å². The van der Waals surface area contributed by atoms with Gasteiger partial charge < -0.3 is 5.32 Å². The number of amides is 1. The molecule has 0 bridgehead atoms. The minimum absolute atomic E-state index is 0.0363. The number of benzene rings is 1. The van der Waals surface area contributed by atoms with Gasteiger partial charge in [0.05, 0.1) is 12.1 Å². The second kappa shape index (κ2) is 6.12. The predicted octanol–water partition coefficient (Wildman–Crippen LogP) is 2.51. The predicted molar refractivity (Wildman–Crippen MR) is 84.1 cm³/mol. The fraction of sp³-hybridized carbons (Fsp3) is 0.412. The van der Waals surface area contributed by atoms with Gasteiger partial charge in [-0.1, -0.05) is 23.8 Å². The first kappa shape index (κ1) is 15.3. The van der Waals surface area contributed by atoms with Gasteiger partial charge in [-0.3, -0.25) is 9.48 Å². The molecule has 0 fully saturated rings. The molecule has 0 unspecified atom stereocenters. The molecule has 4 nitrogen and oxygen atoms in total. The molecule has 1 aromatic heterocycles. The Morgan fingerprint density at radius 2 is 1.95 bits per heavy atom. The van der Waals surface area contributed by atoms with Crippen molar-refractivity contribution in [3.63, 3.8) is 0 Å². The summed E-state index contributed by atoms with van der Waals surface area (Å²) >= 11 is 0. The van der Waals surface area contributed by atoms with E-state index in [1.807, 2.05) is 25.6 Å². The lowest BCUT2D eigenvalue weighted by Gasteiger charge is -2.09. The first-order valence-corrected chi connectivity index (χ1v) is 7.20. The van der Waals surface area contributed by atoms with Crippen molar-refractivity contribution in [2.45, 2.75) is 40.7 Å². The monoisotopic (exact) mass is 285 g/mol. The van der Waals surface area contributed by atoms with Gasteiger partial charge in [0.25, 0.3) is 0 Å². The molecular weight excluding hydrogens is 262 g/mol. The van der Waals surface area contributed by atoms with E-state index in [-0.39, 0.29) is 5.91 Å². The Hall–Kier alpha value is -2.10. The van der Waals surface area contributed by atoms with Crippen molar-refractivity contribution in [1.82, 2.24) is 15.1 Å². The summed E-state index contributed by atoms with van der Waals surface area (Å²) in [5.74, 6) is 0.0363. The van der Waals surface area contributed by atoms with E-state index in [1.54, 1.807) is 0 Å². The maximum Gasteiger partial charge on any atom is 0.224 e. The lowest BCUT2D eigenvalue weighted by atomic mass is 10.1. The number of aryl methyl sites for hydroxylation is 4. The van der Waals surface area contributed by atoms with E-state index < -0.39 is 0 Å². The normalized spacial score (nSPS) is 10.7. The molecule has 0 aliphatic heterocycles. The Bertz CT molecular complexity index is 671. The van der Waals surface area contributed by atoms with Crippen molar-refractivity contribution < 1.29 is 4.79 Å². The Labute approximate surface area is 126 Å². The molecule has 1 heterocycles. The molecule has 0 spiro atoms. The third-order valence-corrected chi connectivity index (χ3v) is 3.97. The topological polar surface area (TPSA) is 46.9 Å². The Morgan fingerprint density at radius 1 is 1.24 bits per heavy atom. The van der Waals surface area contributed by atoms with E-state index >= 15 is 0 Å². The van der Waals surface area contributed by atoms with Gasteiger partial charge in [-0.2, -0.15) is 5.10 Å². The lowest BCUT2D eigenvalue weighted by molar-refractivity contribution is -0.120. The van der Waals surface area contributed by atoms with E-state index in [2.05, 4.69) is 42.5 Å². The van der Waals surface area contributed by atoms with Crippen LogP contribution < -0.4 is 5.32 Å². The van der Waals surface area contributed by atoms with Crippen LogP contribution in [0.4, 0.5) is 0 Å². The fourth-order valence-corrected chi connectivity index (χ4v) is 2.53. The molecule has 2 rings (SSSR count). The largest absolute Gasteiger partial charge is 0.352 e. The van der Waals surface area contributed by atoms with Crippen LogP contribution in [-0.2, 0) is 24.8 Å². The number of carbonyl (C=O) groups is 1. The average Bonchev–Trinajstić information content (AvgIpc) is 2.64. The molecule has 1 aromatic carbocycles. The van der Waals surface area contributed by atoms with E-state index in [9.17, 15) is 4.79 Å². The Morgan fingerprint density at radius 3 is 2.52 bits per heavy atom. The summed E-state index contributed by atoms with van der Waals surface area (Å²) < 4.78 is 1.82. The summed E-state index contributed by atoms with van der Waals surface area (Å²) in [5, 5.41) is 7.34. The summed E-state index contributed by atoms with van der Waals surface area (Å²) in [6.45, 7) is 8.66. The summed E-state index contributed by atoms with van der Waals surface area (Å²) in [4.78, 5) is 12.1. The highest BCUT2D eigenvalue weighted by Gasteiger charge is 2.13. The van der Waals surface area contributed by atoms with E-state index in [1.165, 1.54) is 11.1 Å². The van der Waals surface area contributed by atoms with Crippen LogP contribution in [0.25, 0.3) is 0 Å². The number of hydrogen-bond donors (Lipinski definition) is 1. The van der Waals surface area contributed by atoms with Gasteiger partial charge in [-0.25, -0.2) is 0 Å². The van der Waals surface area contributed by atoms with E-state index in [0.29, 0.717) is 13.0 Å². The Kier molecular flexibility index (Phi) is 4.46. The number of nitrogens with one attached hydrogen (secondary N) is 1. The minimum Gasteiger partial charge on any atom is -0.352 e. The number of hydrogen-bond acceptors (Lipinski definition) is 2. The maximum absolute atomic E-state index is 12.1. The zero-order chi connectivity index (χ0) is 15.6. The first-order chi connectivity index (χ1) is 9.88. The number of aromatic nitrogens is 2. The molecule has 2 aromatic rings. The van der Waals surface area contributed by atoms with Crippen molar-refractivity contribution in [3.05, 3.63) is 51.8 Å². The summed E-state index contributed by atoms with van der Waals surface area (Å²) in [6.07, 6.45) is 0.385. The maximum atomic E-state index is 12.1. The van der Waals surface area contributed by atoms with Crippen LogP contribution >= 0.6 is 0 Å². The second-order valence-electron chi connectivity index (χ2n) is 5.66. The highest BCUT2D eigenvalue weighted by Crippen LogP contribution is 2.13. The molecule has 1 amide bonds. The summed E-state index contributed by atoms with van der Waals surface area (Å²) in [6, 6.07) is 6.28. The lowest BCUT2D eigenvalue weighted by Crippen LogP contribution is -2.25. The molecule has 0 saturated heterocycles. The van der Waals surface area contributed by atoms with Gasteiger partial charge >= 0.3 is 0 Å². The molecule has 0 radical (unpaired) electrons. The zero-order valence-electron chi connectivity index (χ0n) is 13.4. The van der Waals surface area contributed by atoms with Crippen LogP contribution in [0.5, 0.6) is 0 Å². The molecule has 112 valence electrons. The molecular formula is C17H23N3O. The van der Waals surface area contributed by atoms with Crippen molar-refractivity contribution in [2.75, 3.05) is 0 Å². The number of nitrogens with zero attached hydrogens (tertiary/aromatic N) is 2. The Balaban J connectivity index is 1.99. The van der Waals surface area contributed by atoms with Crippen molar-refractivity contribution >= 4 is 5.91 Å². The minimum atomic E-state index is 0.0363. The van der Waals surface area contributed by atoms with E-state index in [0.717, 1.165) is 22.5 Å². The molecule has 0 aliphatic carbocycles. The fourth-order valence-electron chi connectivity index (χ4n) is 2.53. The molecule has 0 atom stereocenters. The van der Waals surface area contributed by atoms with Crippen LogP contribution in [0.1, 0.15) is 33.6 Å². The average molecular weight is 285 g/mol.